The van der Waals surface area contributed by atoms with Crippen LogP contribution in [0.2, 0.25) is 10.0 Å². The zero-order valence-corrected chi connectivity index (χ0v) is 24.0. The lowest BCUT2D eigenvalue weighted by atomic mass is 9.98. The SMILES string of the molecule is CN(C(=O)CN1C(=O)COc2cc(Cl)c(Cl)cc21)[C@@H](CN1CCOCC1)c1ccc(-c2ccc(C(N)=O)cc2)cc1. The molecule has 0 radical (unpaired) electrons. The molecule has 0 saturated carbocycles. The van der Waals surface area contributed by atoms with Crippen LogP contribution in [0, 0.1) is 0 Å². The highest BCUT2D eigenvalue weighted by Gasteiger charge is 2.32. The van der Waals surface area contributed by atoms with E-state index in [1.165, 1.54) is 4.90 Å². The Balaban J connectivity index is 1.39. The van der Waals surface area contributed by atoms with Crippen LogP contribution in [0.4, 0.5) is 5.69 Å². The molecule has 0 bridgehead atoms. The molecule has 2 heterocycles. The van der Waals surface area contributed by atoms with Gasteiger partial charge in [-0.2, -0.15) is 0 Å². The Morgan fingerprint density at radius 3 is 2.22 bits per heavy atom. The van der Waals surface area contributed by atoms with Crippen molar-refractivity contribution >= 4 is 46.6 Å². The van der Waals surface area contributed by atoms with Gasteiger partial charge in [0.1, 0.15) is 12.3 Å². The van der Waals surface area contributed by atoms with E-state index in [0.29, 0.717) is 41.8 Å². The summed E-state index contributed by atoms with van der Waals surface area (Å²) in [6.45, 7) is 3.02. The zero-order chi connectivity index (χ0) is 29.1. The van der Waals surface area contributed by atoms with Crippen LogP contribution in [0.1, 0.15) is 22.0 Å². The molecule has 5 rings (SSSR count). The van der Waals surface area contributed by atoms with Crippen LogP contribution >= 0.6 is 23.2 Å². The molecule has 0 spiro atoms. The second kappa shape index (κ2) is 12.5. The number of hydrogen-bond acceptors (Lipinski definition) is 6. The summed E-state index contributed by atoms with van der Waals surface area (Å²) in [6.07, 6.45) is 0. The first-order chi connectivity index (χ1) is 19.7. The molecule has 1 saturated heterocycles. The number of hydrogen-bond donors (Lipinski definition) is 1. The van der Waals surface area contributed by atoms with E-state index < -0.39 is 5.91 Å². The van der Waals surface area contributed by atoms with Gasteiger partial charge in [-0.3, -0.25) is 24.2 Å². The topological polar surface area (TPSA) is 105 Å². The number of rotatable bonds is 8. The van der Waals surface area contributed by atoms with E-state index in [1.54, 1.807) is 36.2 Å². The minimum Gasteiger partial charge on any atom is -0.482 e. The van der Waals surface area contributed by atoms with Gasteiger partial charge in [0.2, 0.25) is 11.8 Å². The number of nitrogens with zero attached hydrogens (tertiary/aromatic N) is 3. The second-order valence-corrected chi connectivity index (χ2v) is 10.8. The molecular weight excluding hydrogens is 567 g/mol. The van der Waals surface area contributed by atoms with Crippen LogP contribution in [-0.4, -0.2) is 80.6 Å². The molecule has 41 heavy (non-hydrogen) atoms. The Morgan fingerprint density at radius 1 is 0.976 bits per heavy atom. The lowest BCUT2D eigenvalue weighted by molar-refractivity contribution is -0.133. The van der Waals surface area contributed by atoms with E-state index in [9.17, 15) is 14.4 Å². The summed E-state index contributed by atoms with van der Waals surface area (Å²) < 4.78 is 11.0. The molecular formula is C30H30Cl2N4O5. The lowest BCUT2D eigenvalue weighted by Gasteiger charge is -2.37. The smallest absolute Gasteiger partial charge is 0.265 e. The number of morpholine rings is 1. The number of carbonyl (C=O) groups excluding carboxylic acids is 3. The predicted octanol–water partition coefficient (Wildman–Crippen LogP) is 4.02. The van der Waals surface area contributed by atoms with Crippen molar-refractivity contribution in [1.82, 2.24) is 9.80 Å². The Labute approximate surface area is 248 Å². The van der Waals surface area contributed by atoms with Crippen molar-refractivity contribution in [3.05, 3.63) is 81.8 Å². The molecule has 214 valence electrons. The van der Waals surface area contributed by atoms with Crippen LogP contribution in [-0.2, 0) is 14.3 Å². The van der Waals surface area contributed by atoms with Crippen LogP contribution < -0.4 is 15.4 Å². The maximum Gasteiger partial charge on any atom is 0.265 e. The standard InChI is InChI=1S/C30H30Cl2N4O5/c1-34(28(37)17-36-25-14-23(31)24(32)15-27(25)41-18-29(36)38)26(16-35-10-12-40-13-11-35)21-6-2-19(3-7-21)20-4-8-22(9-5-20)30(33)39/h2-9,14-15,26H,10-13,16-18H2,1H3,(H2,33,39)/t26-/m0/s1. The van der Waals surface area contributed by atoms with Gasteiger partial charge in [-0.25, -0.2) is 0 Å². The minimum atomic E-state index is -0.472. The van der Waals surface area contributed by atoms with Crippen molar-refractivity contribution in [3.8, 4) is 16.9 Å². The first-order valence-corrected chi connectivity index (χ1v) is 13.9. The molecule has 0 aromatic heterocycles. The fraction of sp³-hybridized carbons (Fsp3) is 0.300. The molecule has 3 aromatic carbocycles. The first-order valence-electron chi connectivity index (χ1n) is 13.2. The van der Waals surface area contributed by atoms with Gasteiger partial charge >= 0.3 is 0 Å². The van der Waals surface area contributed by atoms with Crippen molar-refractivity contribution < 1.29 is 23.9 Å². The summed E-state index contributed by atoms with van der Waals surface area (Å²) in [6, 6.07) is 17.9. The maximum absolute atomic E-state index is 13.7. The third-order valence-corrected chi connectivity index (χ3v) is 8.15. The maximum atomic E-state index is 13.7. The number of carbonyl (C=O) groups is 3. The highest BCUT2D eigenvalue weighted by Crippen LogP contribution is 2.39. The Hall–Kier alpha value is -3.63. The third-order valence-electron chi connectivity index (χ3n) is 7.43. The van der Waals surface area contributed by atoms with Gasteiger partial charge in [-0.1, -0.05) is 59.6 Å². The summed E-state index contributed by atoms with van der Waals surface area (Å²) in [5.41, 5.74) is 9.09. The molecule has 3 aromatic rings. The second-order valence-electron chi connectivity index (χ2n) is 10.00. The highest BCUT2D eigenvalue weighted by molar-refractivity contribution is 6.42. The lowest BCUT2D eigenvalue weighted by Crippen LogP contribution is -2.48. The monoisotopic (exact) mass is 596 g/mol. The molecule has 0 aliphatic carbocycles. The first kappa shape index (κ1) is 28.9. The summed E-state index contributed by atoms with van der Waals surface area (Å²) >= 11 is 12.4. The number of halogens is 2. The summed E-state index contributed by atoms with van der Waals surface area (Å²) in [7, 11) is 1.75. The van der Waals surface area contributed by atoms with Crippen molar-refractivity contribution in [2.75, 3.05) is 57.9 Å². The average Bonchev–Trinajstić information content (AvgIpc) is 2.98. The molecule has 9 nitrogen and oxygen atoms in total. The molecule has 0 unspecified atom stereocenters. The molecule has 11 heteroatoms. The highest BCUT2D eigenvalue weighted by atomic mass is 35.5. The van der Waals surface area contributed by atoms with Crippen LogP contribution in [0.25, 0.3) is 11.1 Å². The molecule has 2 aliphatic heterocycles. The van der Waals surface area contributed by atoms with Gasteiger partial charge in [0.15, 0.2) is 6.61 Å². The van der Waals surface area contributed by atoms with Crippen LogP contribution in [0.5, 0.6) is 5.75 Å². The molecule has 3 amide bonds. The van der Waals surface area contributed by atoms with Gasteiger partial charge in [0, 0.05) is 38.3 Å². The number of primary amides is 1. The van der Waals surface area contributed by atoms with Crippen molar-refractivity contribution in [2.24, 2.45) is 5.73 Å². The number of amides is 3. The number of anilines is 1. The van der Waals surface area contributed by atoms with E-state index in [2.05, 4.69) is 4.90 Å². The average molecular weight is 597 g/mol. The number of fused-ring (bicyclic) bond motifs is 1. The molecule has 2 aliphatic rings. The number of likely N-dealkylation sites (N-methyl/N-ethyl adjacent to an activating group) is 1. The van der Waals surface area contributed by atoms with Gasteiger partial charge in [-0.05, 0) is 34.9 Å². The van der Waals surface area contributed by atoms with Gasteiger partial charge in [0.05, 0.1) is 35.0 Å². The van der Waals surface area contributed by atoms with E-state index in [0.717, 1.165) is 29.8 Å². The normalized spacial score (nSPS) is 16.1. The van der Waals surface area contributed by atoms with Gasteiger partial charge in [-0.15, -0.1) is 0 Å². The van der Waals surface area contributed by atoms with E-state index >= 15 is 0 Å². The molecule has 2 N–H and O–H groups in total. The Kier molecular flexibility index (Phi) is 8.79. The van der Waals surface area contributed by atoms with E-state index in [4.69, 9.17) is 38.4 Å². The van der Waals surface area contributed by atoms with E-state index in [1.807, 2.05) is 36.4 Å². The molecule has 1 fully saturated rings. The Morgan fingerprint density at radius 2 is 1.59 bits per heavy atom. The van der Waals surface area contributed by atoms with Crippen molar-refractivity contribution in [1.29, 1.82) is 0 Å². The third kappa shape index (κ3) is 6.49. The quantitative estimate of drug-likeness (QED) is 0.421. The zero-order valence-electron chi connectivity index (χ0n) is 22.5. The van der Waals surface area contributed by atoms with E-state index in [-0.39, 0.29) is 36.0 Å². The summed E-state index contributed by atoms with van der Waals surface area (Å²) in [4.78, 5) is 43.3. The number of ether oxygens (including phenoxy) is 2. The number of benzene rings is 3. The number of nitrogens with two attached hydrogens (primary N) is 1. The fourth-order valence-electron chi connectivity index (χ4n) is 4.99. The van der Waals surface area contributed by atoms with Crippen LogP contribution in [0.15, 0.2) is 60.7 Å². The predicted molar refractivity (Wildman–Crippen MR) is 157 cm³/mol. The summed E-state index contributed by atoms with van der Waals surface area (Å²) in [5, 5.41) is 0.574. The molecule has 1 atom stereocenters. The Bertz CT molecular complexity index is 1440. The van der Waals surface area contributed by atoms with Crippen molar-refractivity contribution in [3.63, 3.8) is 0 Å². The minimum absolute atomic E-state index is 0.173. The largest absolute Gasteiger partial charge is 0.482 e. The fourth-order valence-corrected chi connectivity index (χ4v) is 5.31. The van der Waals surface area contributed by atoms with Crippen molar-refractivity contribution in [2.45, 2.75) is 6.04 Å². The van der Waals surface area contributed by atoms with Crippen LogP contribution in [0.3, 0.4) is 0 Å². The summed E-state index contributed by atoms with van der Waals surface area (Å²) in [5.74, 6) is -0.644. The van der Waals surface area contributed by atoms with Gasteiger partial charge in [0.25, 0.3) is 5.91 Å². The van der Waals surface area contributed by atoms with Gasteiger partial charge < -0.3 is 20.1 Å².